The highest BCUT2D eigenvalue weighted by Gasteiger charge is 2.20. The van der Waals surface area contributed by atoms with Crippen LogP contribution in [0.15, 0.2) is 65.3 Å². The van der Waals surface area contributed by atoms with Gasteiger partial charge in [-0.2, -0.15) is 0 Å². The zero-order valence-electron chi connectivity index (χ0n) is 15.0. The number of methoxy groups -OCH3 is 1. The van der Waals surface area contributed by atoms with Gasteiger partial charge in [-0.15, -0.1) is 0 Å². The number of nitrogens with zero attached hydrogens (tertiary/aromatic N) is 3. The Labute approximate surface area is 153 Å². The highest BCUT2D eigenvalue weighted by Crippen LogP contribution is 2.28. The quantitative estimate of drug-likeness (QED) is 0.703. The van der Waals surface area contributed by atoms with Crippen LogP contribution in [0.2, 0.25) is 0 Å². The molecule has 1 aromatic heterocycles. The number of hydrogen-bond acceptors (Lipinski definition) is 5. The van der Waals surface area contributed by atoms with Gasteiger partial charge >= 0.3 is 0 Å². The fourth-order valence-corrected chi connectivity index (χ4v) is 3.42. The Balaban J connectivity index is 1.42. The predicted octanol–water partition coefficient (Wildman–Crippen LogP) is 3.67. The van der Waals surface area contributed by atoms with Crippen LogP contribution in [0.4, 0.5) is 5.69 Å². The second-order valence-electron chi connectivity index (χ2n) is 6.51. The maximum Gasteiger partial charge on any atom is 0.171 e. The van der Waals surface area contributed by atoms with E-state index in [2.05, 4.69) is 45.3 Å². The van der Waals surface area contributed by atoms with E-state index in [-0.39, 0.29) is 0 Å². The molecule has 5 nitrogen and oxygen atoms in total. The molecule has 0 bridgehead atoms. The largest absolute Gasteiger partial charge is 0.497 e. The monoisotopic (exact) mass is 349 g/mol. The minimum atomic E-state index is 0.821. The number of rotatable bonds is 5. The summed E-state index contributed by atoms with van der Waals surface area (Å²) < 4.78 is 10.9. The Morgan fingerprint density at radius 2 is 1.81 bits per heavy atom. The minimum absolute atomic E-state index is 0.821. The summed E-state index contributed by atoms with van der Waals surface area (Å²) in [6.07, 6.45) is 1.83. The minimum Gasteiger partial charge on any atom is -0.497 e. The molecule has 0 N–H and O–H groups in total. The number of benzene rings is 2. The van der Waals surface area contributed by atoms with Gasteiger partial charge in [0.25, 0.3) is 0 Å². The van der Waals surface area contributed by atoms with Crippen LogP contribution in [-0.2, 0) is 6.54 Å². The van der Waals surface area contributed by atoms with Crippen LogP contribution in [-0.4, -0.2) is 43.3 Å². The van der Waals surface area contributed by atoms with Crippen LogP contribution < -0.4 is 9.64 Å². The van der Waals surface area contributed by atoms with Gasteiger partial charge in [0.05, 0.1) is 13.3 Å². The number of para-hydroxylation sites is 1. The van der Waals surface area contributed by atoms with Gasteiger partial charge in [0.1, 0.15) is 5.75 Å². The zero-order valence-corrected chi connectivity index (χ0v) is 15.0. The molecule has 26 heavy (non-hydrogen) atoms. The second kappa shape index (κ2) is 7.62. The Morgan fingerprint density at radius 3 is 2.58 bits per heavy atom. The first-order valence-corrected chi connectivity index (χ1v) is 8.94. The molecule has 134 valence electrons. The highest BCUT2D eigenvalue weighted by molar-refractivity contribution is 5.62. The first-order chi connectivity index (χ1) is 12.8. The fourth-order valence-electron chi connectivity index (χ4n) is 3.42. The molecule has 1 fully saturated rings. The van der Waals surface area contributed by atoms with Crippen molar-refractivity contribution in [3.8, 4) is 17.1 Å². The van der Waals surface area contributed by atoms with Gasteiger partial charge in [0.2, 0.25) is 0 Å². The molecule has 0 amide bonds. The lowest BCUT2D eigenvalue weighted by atomic mass is 10.1. The third kappa shape index (κ3) is 3.58. The van der Waals surface area contributed by atoms with Crippen LogP contribution in [0.5, 0.6) is 5.75 Å². The Kier molecular flexibility index (Phi) is 4.88. The summed E-state index contributed by atoms with van der Waals surface area (Å²) in [6, 6.07) is 18.5. The lowest BCUT2D eigenvalue weighted by molar-refractivity contribution is 0.249. The number of piperazine rings is 1. The Morgan fingerprint density at radius 1 is 1.00 bits per heavy atom. The summed E-state index contributed by atoms with van der Waals surface area (Å²) in [4.78, 5) is 4.89. The van der Waals surface area contributed by atoms with Crippen LogP contribution in [0, 0.1) is 0 Å². The molecule has 1 aliphatic heterocycles. The molecule has 1 aliphatic rings. The smallest absolute Gasteiger partial charge is 0.171 e. The molecular formula is C21H23N3O2. The maximum atomic E-state index is 5.54. The van der Waals surface area contributed by atoms with E-state index < -0.39 is 0 Å². The third-order valence-electron chi connectivity index (χ3n) is 4.86. The van der Waals surface area contributed by atoms with E-state index in [4.69, 9.17) is 9.26 Å². The topological polar surface area (TPSA) is 41.7 Å². The summed E-state index contributed by atoms with van der Waals surface area (Å²) in [5.74, 6) is 1.65. The van der Waals surface area contributed by atoms with Crippen molar-refractivity contribution < 1.29 is 9.26 Å². The van der Waals surface area contributed by atoms with E-state index in [1.807, 2.05) is 30.5 Å². The fraction of sp³-hybridized carbons (Fsp3) is 0.286. The first-order valence-electron chi connectivity index (χ1n) is 8.94. The van der Waals surface area contributed by atoms with Crippen molar-refractivity contribution in [2.24, 2.45) is 0 Å². The van der Waals surface area contributed by atoms with Gasteiger partial charge in [-0.05, 0) is 24.3 Å². The number of anilines is 1. The molecule has 2 aromatic carbocycles. The number of aromatic nitrogens is 1. The first kappa shape index (κ1) is 16.7. The van der Waals surface area contributed by atoms with Crippen molar-refractivity contribution in [1.82, 2.24) is 10.1 Å². The van der Waals surface area contributed by atoms with E-state index in [9.17, 15) is 0 Å². The van der Waals surface area contributed by atoms with Crippen LogP contribution in [0.25, 0.3) is 11.3 Å². The predicted molar refractivity (Wildman–Crippen MR) is 102 cm³/mol. The second-order valence-corrected chi connectivity index (χ2v) is 6.51. The Bertz CT molecular complexity index is 839. The molecule has 3 aromatic rings. The van der Waals surface area contributed by atoms with Crippen molar-refractivity contribution >= 4 is 5.69 Å². The standard InChI is InChI=1S/C21H23N3O2/c1-25-20-9-5-6-17(14-20)21-18(15-22-26-21)16-23-10-12-24(13-11-23)19-7-3-2-4-8-19/h2-9,14-15H,10-13,16H2,1H3. The number of hydrogen-bond donors (Lipinski definition) is 0. The van der Waals surface area contributed by atoms with E-state index >= 15 is 0 Å². The molecule has 0 aliphatic carbocycles. The molecule has 1 saturated heterocycles. The van der Waals surface area contributed by atoms with Crippen LogP contribution in [0.1, 0.15) is 5.56 Å². The van der Waals surface area contributed by atoms with Crippen molar-refractivity contribution in [3.05, 3.63) is 66.4 Å². The number of ether oxygens (including phenoxy) is 1. The lowest BCUT2D eigenvalue weighted by Crippen LogP contribution is -2.45. The zero-order chi connectivity index (χ0) is 17.8. The highest BCUT2D eigenvalue weighted by atomic mass is 16.5. The molecule has 0 saturated carbocycles. The van der Waals surface area contributed by atoms with Crippen molar-refractivity contribution in [2.45, 2.75) is 6.54 Å². The van der Waals surface area contributed by atoms with Crippen molar-refractivity contribution in [1.29, 1.82) is 0 Å². The van der Waals surface area contributed by atoms with Crippen LogP contribution >= 0.6 is 0 Å². The van der Waals surface area contributed by atoms with Gasteiger partial charge in [-0.1, -0.05) is 35.5 Å². The lowest BCUT2D eigenvalue weighted by Gasteiger charge is -2.36. The van der Waals surface area contributed by atoms with E-state index in [1.165, 1.54) is 5.69 Å². The summed E-state index contributed by atoms with van der Waals surface area (Å²) in [7, 11) is 1.67. The summed E-state index contributed by atoms with van der Waals surface area (Å²) >= 11 is 0. The van der Waals surface area contributed by atoms with E-state index in [0.29, 0.717) is 0 Å². The van der Waals surface area contributed by atoms with Gasteiger partial charge in [0, 0.05) is 49.5 Å². The molecule has 0 unspecified atom stereocenters. The summed E-state index contributed by atoms with van der Waals surface area (Å²) in [6.45, 7) is 4.96. The average molecular weight is 349 g/mol. The van der Waals surface area contributed by atoms with E-state index in [0.717, 1.165) is 55.4 Å². The van der Waals surface area contributed by atoms with Crippen molar-refractivity contribution in [3.63, 3.8) is 0 Å². The average Bonchev–Trinajstić information content (AvgIpc) is 3.17. The van der Waals surface area contributed by atoms with Crippen molar-refractivity contribution in [2.75, 3.05) is 38.2 Å². The molecule has 2 heterocycles. The summed E-state index contributed by atoms with van der Waals surface area (Å²) in [5, 5.41) is 4.03. The van der Waals surface area contributed by atoms with E-state index in [1.54, 1.807) is 7.11 Å². The molecule has 0 atom stereocenters. The SMILES string of the molecule is COc1cccc(-c2oncc2CN2CCN(c3ccccc3)CC2)c1. The molecule has 5 heteroatoms. The maximum absolute atomic E-state index is 5.54. The van der Waals surface area contributed by atoms with Crippen LogP contribution in [0.3, 0.4) is 0 Å². The molecule has 0 spiro atoms. The molecular weight excluding hydrogens is 326 g/mol. The Hall–Kier alpha value is -2.79. The van der Waals surface area contributed by atoms with Gasteiger partial charge in [-0.3, -0.25) is 4.90 Å². The normalized spacial score (nSPS) is 15.2. The summed E-state index contributed by atoms with van der Waals surface area (Å²) in [5.41, 5.74) is 3.42. The van der Waals surface area contributed by atoms with Gasteiger partial charge in [-0.25, -0.2) is 0 Å². The molecule has 0 radical (unpaired) electrons. The molecule has 4 rings (SSSR count). The van der Waals surface area contributed by atoms with Gasteiger partial charge in [0.15, 0.2) is 5.76 Å². The van der Waals surface area contributed by atoms with Gasteiger partial charge < -0.3 is 14.2 Å². The third-order valence-corrected chi connectivity index (χ3v) is 4.86.